The van der Waals surface area contributed by atoms with E-state index in [0.29, 0.717) is 11.6 Å². The van der Waals surface area contributed by atoms with Gasteiger partial charge in [-0.05, 0) is 49.5 Å². The molecule has 104 valence electrons. The molecular formula is C15H20ClNO2. The van der Waals surface area contributed by atoms with Gasteiger partial charge < -0.3 is 10.4 Å². The van der Waals surface area contributed by atoms with Crippen LogP contribution >= 0.6 is 11.6 Å². The van der Waals surface area contributed by atoms with Gasteiger partial charge in [0, 0.05) is 24.3 Å². The molecule has 0 atom stereocenters. The number of hydrogen-bond acceptors (Lipinski definition) is 2. The quantitative estimate of drug-likeness (QED) is 0.596. The Kier molecular flexibility index (Phi) is 7.23. The van der Waals surface area contributed by atoms with E-state index in [9.17, 15) is 4.79 Å². The molecule has 1 aromatic carbocycles. The highest BCUT2D eigenvalue weighted by Gasteiger charge is 1.97. The number of halogens is 1. The first-order valence-electron chi connectivity index (χ1n) is 6.46. The van der Waals surface area contributed by atoms with E-state index in [0.717, 1.165) is 30.4 Å². The van der Waals surface area contributed by atoms with E-state index in [1.165, 1.54) is 6.08 Å². The summed E-state index contributed by atoms with van der Waals surface area (Å²) in [6.45, 7) is 2.79. The summed E-state index contributed by atoms with van der Waals surface area (Å²) in [5.41, 5.74) is 1.93. The smallest absolute Gasteiger partial charge is 0.243 e. The van der Waals surface area contributed by atoms with Crippen LogP contribution in [0.5, 0.6) is 0 Å². The third-order valence-corrected chi connectivity index (χ3v) is 3.16. The van der Waals surface area contributed by atoms with E-state index in [1.54, 1.807) is 6.08 Å². The van der Waals surface area contributed by atoms with Gasteiger partial charge in [0.15, 0.2) is 0 Å². The third kappa shape index (κ3) is 6.41. The van der Waals surface area contributed by atoms with E-state index in [-0.39, 0.29) is 12.5 Å². The molecule has 0 radical (unpaired) electrons. The zero-order chi connectivity index (χ0) is 14.1. The molecule has 0 unspecified atom stereocenters. The van der Waals surface area contributed by atoms with Gasteiger partial charge in [-0.2, -0.15) is 0 Å². The zero-order valence-electron chi connectivity index (χ0n) is 11.2. The maximum absolute atomic E-state index is 11.5. The Labute approximate surface area is 119 Å². The van der Waals surface area contributed by atoms with Crippen LogP contribution in [0.3, 0.4) is 0 Å². The number of aliphatic hydroxyl groups is 1. The van der Waals surface area contributed by atoms with Crippen LogP contribution in [0, 0.1) is 6.92 Å². The molecule has 0 aliphatic rings. The molecule has 0 fully saturated rings. The molecule has 1 aromatic rings. The molecule has 1 rings (SSSR count). The molecule has 0 bridgehead atoms. The summed E-state index contributed by atoms with van der Waals surface area (Å²) in [4.78, 5) is 11.5. The van der Waals surface area contributed by atoms with Gasteiger partial charge in [-0.15, -0.1) is 0 Å². The van der Waals surface area contributed by atoms with Crippen molar-refractivity contribution < 1.29 is 9.90 Å². The van der Waals surface area contributed by atoms with Crippen molar-refractivity contribution in [1.29, 1.82) is 0 Å². The summed E-state index contributed by atoms with van der Waals surface area (Å²) in [5, 5.41) is 12.1. The lowest BCUT2D eigenvalue weighted by atomic mass is 10.1. The Hall–Kier alpha value is -1.32. The van der Waals surface area contributed by atoms with Crippen molar-refractivity contribution in [2.24, 2.45) is 0 Å². The number of rotatable bonds is 7. The number of benzene rings is 1. The minimum Gasteiger partial charge on any atom is -0.396 e. The summed E-state index contributed by atoms with van der Waals surface area (Å²) in [7, 11) is 0. The molecule has 0 saturated carbocycles. The fraction of sp³-hybridized carbons (Fsp3) is 0.400. The van der Waals surface area contributed by atoms with Crippen molar-refractivity contribution in [2.45, 2.75) is 26.2 Å². The maximum Gasteiger partial charge on any atom is 0.243 e. The number of aryl methyl sites for hydroxylation is 1. The Bertz CT molecular complexity index is 444. The van der Waals surface area contributed by atoms with Crippen molar-refractivity contribution in [3.8, 4) is 0 Å². The first-order valence-corrected chi connectivity index (χ1v) is 6.84. The number of carbonyl (C=O) groups excluding carboxylic acids is 1. The van der Waals surface area contributed by atoms with Crippen LogP contribution in [0.4, 0.5) is 0 Å². The summed E-state index contributed by atoms with van der Waals surface area (Å²) < 4.78 is 0. The van der Waals surface area contributed by atoms with Crippen LogP contribution in [0.1, 0.15) is 30.4 Å². The SMILES string of the molecule is Cc1ccc(/C=C/C(=O)NCCCCCO)cc1Cl. The fourth-order valence-electron chi connectivity index (χ4n) is 1.57. The van der Waals surface area contributed by atoms with Gasteiger partial charge in [0.05, 0.1) is 0 Å². The van der Waals surface area contributed by atoms with Crippen LogP contribution in [0.15, 0.2) is 24.3 Å². The molecule has 2 N–H and O–H groups in total. The average Bonchev–Trinajstić information content (AvgIpc) is 2.40. The Morgan fingerprint density at radius 3 is 2.84 bits per heavy atom. The van der Waals surface area contributed by atoms with E-state index in [1.807, 2.05) is 25.1 Å². The van der Waals surface area contributed by atoms with Gasteiger partial charge in [-0.3, -0.25) is 4.79 Å². The highest BCUT2D eigenvalue weighted by Crippen LogP contribution is 2.17. The summed E-state index contributed by atoms with van der Waals surface area (Å²) in [5.74, 6) is -0.110. The van der Waals surface area contributed by atoms with Gasteiger partial charge in [0.2, 0.25) is 5.91 Å². The molecule has 0 heterocycles. The van der Waals surface area contributed by atoms with E-state index in [4.69, 9.17) is 16.7 Å². The molecule has 0 aromatic heterocycles. The van der Waals surface area contributed by atoms with Gasteiger partial charge in [0.1, 0.15) is 0 Å². The van der Waals surface area contributed by atoms with Gasteiger partial charge in [-0.1, -0.05) is 23.7 Å². The zero-order valence-corrected chi connectivity index (χ0v) is 11.9. The number of unbranched alkanes of at least 4 members (excludes halogenated alkanes) is 2. The van der Waals surface area contributed by atoms with Crippen LogP contribution in [0.25, 0.3) is 6.08 Å². The largest absolute Gasteiger partial charge is 0.396 e. The number of aliphatic hydroxyl groups excluding tert-OH is 1. The lowest BCUT2D eigenvalue weighted by molar-refractivity contribution is -0.116. The van der Waals surface area contributed by atoms with E-state index < -0.39 is 0 Å². The molecule has 19 heavy (non-hydrogen) atoms. The highest BCUT2D eigenvalue weighted by molar-refractivity contribution is 6.31. The van der Waals surface area contributed by atoms with Crippen molar-refractivity contribution in [3.05, 3.63) is 40.4 Å². The molecule has 1 amide bonds. The minimum absolute atomic E-state index is 0.110. The number of nitrogens with one attached hydrogen (secondary N) is 1. The monoisotopic (exact) mass is 281 g/mol. The standard InChI is InChI=1S/C15H20ClNO2/c1-12-5-6-13(11-14(12)16)7-8-15(19)17-9-3-2-4-10-18/h5-8,11,18H,2-4,9-10H2,1H3,(H,17,19)/b8-7+. The highest BCUT2D eigenvalue weighted by atomic mass is 35.5. The summed E-state index contributed by atoms with van der Waals surface area (Å²) in [6, 6.07) is 5.68. The molecule has 0 spiro atoms. The third-order valence-electron chi connectivity index (χ3n) is 2.76. The van der Waals surface area contributed by atoms with E-state index in [2.05, 4.69) is 5.32 Å². The second-order valence-electron chi connectivity index (χ2n) is 4.42. The van der Waals surface area contributed by atoms with E-state index >= 15 is 0 Å². The Morgan fingerprint density at radius 2 is 2.16 bits per heavy atom. The van der Waals surface area contributed by atoms with Crippen molar-refractivity contribution in [1.82, 2.24) is 5.32 Å². The predicted octanol–water partition coefficient (Wildman–Crippen LogP) is 2.94. The van der Waals surface area contributed by atoms with Gasteiger partial charge in [-0.25, -0.2) is 0 Å². The number of carbonyl (C=O) groups is 1. The van der Waals surface area contributed by atoms with Crippen LogP contribution < -0.4 is 5.32 Å². The average molecular weight is 282 g/mol. The second kappa shape index (κ2) is 8.73. The Morgan fingerprint density at radius 1 is 1.37 bits per heavy atom. The normalized spacial score (nSPS) is 10.9. The Balaban J connectivity index is 2.34. The lowest BCUT2D eigenvalue weighted by Crippen LogP contribution is -2.22. The minimum atomic E-state index is -0.110. The van der Waals surface area contributed by atoms with Gasteiger partial charge >= 0.3 is 0 Å². The maximum atomic E-state index is 11.5. The van der Waals surface area contributed by atoms with Crippen molar-refractivity contribution in [3.63, 3.8) is 0 Å². The molecule has 0 saturated heterocycles. The first-order chi connectivity index (χ1) is 9.13. The molecule has 0 aliphatic carbocycles. The summed E-state index contributed by atoms with van der Waals surface area (Å²) >= 11 is 6.01. The van der Waals surface area contributed by atoms with Crippen molar-refractivity contribution in [2.75, 3.05) is 13.2 Å². The van der Waals surface area contributed by atoms with Crippen LogP contribution in [-0.4, -0.2) is 24.2 Å². The van der Waals surface area contributed by atoms with Gasteiger partial charge in [0.25, 0.3) is 0 Å². The molecular weight excluding hydrogens is 262 g/mol. The summed E-state index contributed by atoms with van der Waals surface area (Å²) in [6.07, 6.45) is 5.85. The predicted molar refractivity (Wildman–Crippen MR) is 79.2 cm³/mol. The van der Waals surface area contributed by atoms with Crippen molar-refractivity contribution >= 4 is 23.6 Å². The molecule has 3 nitrogen and oxygen atoms in total. The van der Waals surface area contributed by atoms with Crippen LogP contribution in [0.2, 0.25) is 5.02 Å². The molecule has 4 heteroatoms. The van der Waals surface area contributed by atoms with Crippen LogP contribution in [-0.2, 0) is 4.79 Å². The second-order valence-corrected chi connectivity index (χ2v) is 4.82. The molecule has 0 aliphatic heterocycles. The first kappa shape index (κ1) is 15.7. The number of amides is 1. The number of hydrogen-bond donors (Lipinski definition) is 2. The lowest BCUT2D eigenvalue weighted by Gasteiger charge is -2.02. The topological polar surface area (TPSA) is 49.3 Å². The fourth-order valence-corrected chi connectivity index (χ4v) is 1.76.